The molecule has 0 aliphatic carbocycles. The van der Waals surface area contributed by atoms with E-state index in [9.17, 15) is 19.2 Å². The van der Waals surface area contributed by atoms with Gasteiger partial charge in [0, 0.05) is 115 Å². The zero-order chi connectivity index (χ0) is 78.5. The average Bonchev–Trinajstić information content (AvgIpc) is 0.912. The van der Waals surface area contributed by atoms with Gasteiger partial charge in [-0.15, -0.1) is 11.6 Å². The van der Waals surface area contributed by atoms with Crippen LogP contribution in [0.2, 0.25) is 0 Å². The number of alkyl halides is 1. The molecule has 21 heteroatoms. The molecule has 0 N–H and O–H groups in total. The van der Waals surface area contributed by atoms with Gasteiger partial charge in [0.05, 0.1) is 36.7 Å². The van der Waals surface area contributed by atoms with Crippen LogP contribution in [0.5, 0.6) is 0 Å². The number of carbonyl (C=O) groups excluding carboxylic acids is 4. The molecule has 3 aromatic carbocycles. The minimum absolute atomic E-state index is 0. The first kappa shape index (κ1) is 92.5. The van der Waals surface area contributed by atoms with Crippen molar-refractivity contribution in [3.8, 4) is 0 Å². The van der Waals surface area contributed by atoms with Crippen LogP contribution in [-0.2, 0) is 50.0 Å². The number of benzene rings is 3. The second-order valence-corrected chi connectivity index (χ2v) is 34.5. The van der Waals surface area contributed by atoms with Gasteiger partial charge in [0.25, 0.3) is 0 Å². The highest BCUT2D eigenvalue weighted by Crippen LogP contribution is 2.43. The molecule has 0 radical (unpaired) electrons. The van der Waals surface area contributed by atoms with E-state index in [4.69, 9.17) is 30.5 Å². The number of carbonyl (C=O) groups is 4. The van der Waals surface area contributed by atoms with Crippen LogP contribution in [0.1, 0.15) is 240 Å². The van der Waals surface area contributed by atoms with E-state index in [-0.39, 0.29) is 39.2 Å². The summed E-state index contributed by atoms with van der Waals surface area (Å²) < 4.78 is 30.4. The smallest absolute Gasteiger partial charge is 0.410 e. The van der Waals surface area contributed by atoms with Gasteiger partial charge >= 0.3 is 24.4 Å². The Bertz CT molecular complexity index is 3440. The van der Waals surface area contributed by atoms with Crippen molar-refractivity contribution in [2.24, 2.45) is 23.7 Å². The molecular weight excluding hydrogens is 1400 g/mol. The van der Waals surface area contributed by atoms with Crippen LogP contribution in [0, 0.1) is 51.4 Å². The molecular formula is C89H139ClN12O8. The Hall–Kier alpha value is -8.13. The number of amides is 4. The maximum absolute atomic E-state index is 12.0. The minimum Gasteiger partial charge on any atom is -0.444 e. The minimum atomic E-state index is -0.649. The molecule has 8 heterocycles. The van der Waals surface area contributed by atoms with Crippen molar-refractivity contribution in [3.05, 3.63) is 181 Å². The molecule has 0 spiro atoms. The number of hydrogen-bond acceptors (Lipinski definition) is 12. The number of nitrogens with zero attached hydrogens (tertiary/aromatic N) is 12. The molecule has 4 saturated heterocycles. The van der Waals surface area contributed by atoms with E-state index in [0.29, 0.717) is 0 Å². The SMILES string of the molecule is C.C.Cc1cn(CCCC2CCN(C(=O)OC(C)(C)C)CC2)cn1.Cc1cn(CCCC2CCN(C(=O)OC(C)(C)C)CC2)cn1.Cc1cncn1CCCC1CCN(C(=O)OC(C)(C)C)CC1.Cc1cncn1CCCC1CCN(C(=O)OC(C)(C)C)CC1.ClC(c1ccccc1)(c1ccccc1)c1ccccc1. The second-order valence-electron chi connectivity index (χ2n) is 33.9. The number of aryl methyl sites for hydroxylation is 8. The zero-order valence-corrected chi connectivity index (χ0v) is 69.2. The number of likely N-dealkylation sites (tertiary alicyclic amines) is 4. The summed E-state index contributed by atoms with van der Waals surface area (Å²) in [6.45, 7) is 41.9. The van der Waals surface area contributed by atoms with Crippen LogP contribution >= 0.6 is 11.6 Å². The summed E-state index contributed by atoms with van der Waals surface area (Å²) in [4.78, 5) is 71.6. The van der Waals surface area contributed by atoms with Crippen molar-refractivity contribution in [1.82, 2.24) is 57.8 Å². The zero-order valence-electron chi connectivity index (χ0n) is 68.4. The van der Waals surface area contributed by atoms with E-state index in [1.165, 1.54) is 62.8 Å². The van der Waals surface area contributed by atoms with Gasteiger partial charge in [-0.05, 0) is 254 Å². The van der Waals surface area contributed by atoms with Crippen LogP contribution in [0.3, 0.4) is 0 Å². The van der Waals surface area contributed by atoms with Gasteiger partial charge < -0.3 is 56.8 Å². The Balaban J connectivity index is 0.000000245. The molecule has 0 unspecified atom stereocenters. The summed E-state index contributed by atoms with van der Waals surface area (Å²) >= 11 is 7.12. The monoisotopic (exact) mass is 1540 g/mol. The summed E-state index contributed by atoms with van der Waals surface area (Å²) in [6.07, 6.45) is 33.2. The van der Waals surface area contributed by atoms with Crippen LogP contribution in [0.15, 0.2) is 141 Å². The number of rotatable bonds is 19. The Morgan fingerprint density at radius 2 is 0.609 bits per heavy atom. The summed E-state index contributed by atoms with van der Waals surface area (Å²) in [5, 5.41) is 0. The highest BCUT2D eigenvalue weighted by atomic mass is 35.5. The van der Waals surface area contributed by atoms with Crippen LogP contribution in [0.25, 0.3) is 0 Å². The normalized spacial score (nSPS) is 15.5. The number of halogens is 1. The topological polar surface area (TPSA) is 189 Å². The maximum atomic E-state index is 12.0. The van der Waals surface area contributed by atoms with Gasteiger partial charge in [0.2, 0.25) is 0 Å². The van der Waals surface area contributed by atoms with Crippen molar-refractivity contribution in [1.29, 1.82) is 0 Å². The van der Waals surface area contributed by atoms with E-state index >= 15 is 0 Å². The van der Waals surface area contributed by atoms with Crippen molar-refractivity contribution in [3.63, 3.8) is 0 Å². The van der Waals surface area contributed by atoms with Gasteiger partial charge in [0.1, 0.15) is 27.3 Å². The molecule has 610 valence electrons. The number of piperidine rings is 4. The van der Waals surface area contributed by atoms with E-state index in [1.54, 1.807) is 0 Å². The Labute approximate surface area is 666 Å². The molecule has 0 bridgehead atoms. The third-order valence-corrected chi connectivity index (χ3v) is 20.7. The number of imidazole rings is 4. The molecule has 11 rings (SSSR count). The highest BCUT2D eigenvalue weighted by Gasteiger charge is 2.35. The first-order chi connectivity index (χ1) is 51.2. The molecule has 4 amide bonds. The molecule has 110 heavy (non-hydrogen) atoms. The fourth-order valence-corrected chi connectivity index (χ4v) is 14.5. The summed E-state index contributed by atoms with van der Waals surface area (Å²) in [7, 11) is 0. The van der Waals surface area contributed by atoms with Crippen molar-refractivity contribution >= 4 is 36.0 Å². The number of aromatic nitrogens is 8. The largest absolute Gasteiger partial charge is 0.444 e. The molecule has 4 aliphatic heterocycles. The van der Waals surface area contributed by atoms with E-state index in [0.717, 1.165) is 182 Å². The van der Waals surface area contributed by atoms with Gasteiger partial charge in [-0.25, -0.2) is 39.1 Å². The van der Waals surface area contributed by atoms with Gasteiger partial charge in [-0.3, -0.25) is 0 Å². The van der Waals surface area contributed by atoms with Gasteiger partial charge in [-0.2, -0.15) is 0 Å². The van der Waals surface area contributed by atoms with Gasteiger partial charge in [0.15, 0.2) is 0 Å². The van der Waals surface area contributed by atoms with Crippen molar-refractivity contribution in [2.75, 3.05) is 52.4 Å². The average molecular weight is 1540 g/mol. The standard InChI is InChI=1S/C19H15Cl.4C17H29N3O2.2CH4/c20-19(16-10-4-1-5-11-16,17-12-6-2-7-13-17)18-14-8-3-9-15-18;2*1-14-12-19(13-18-14)9-5-6-15-7-10-20(11-8-15)16(21)22-17(2,3)4;2*1-14-12-18-13-20(14)9-5-6-15-7-10-19(11-8-15)16(21)22-17(2,3)4;;/h1-15H;4*12-13,15H,5-11H2,1-4H3;2*1H4. The molecule has 4 aromatic heterocycles. The molecule has 0 saturated carbocycles. The third kappa shape index (κ3) is 33.0. The van der Waals surface area contributed by atoms with Crippen molar-refractivity contribution < 1.29 is 38.1 Å². The molecule has 0 atom stereocenters. The number of ether oxygens (including phenoxy) is 4. The number of hydrogen-bond donors (Lipinski definition) is 0. The predicted octanol–water partition coefficient (Wildman–Crippen LogP) is 21.0. The Morgan fingerprint density at radius 3 is 0.809 bits per heavy atom. The third-order valence-electron chi connectivity index (χ3n) is 20.0. The lowest BCUT2D eigenvalue weighted by Crippen LogP contribution is -2.41. The molecule has 4 aliphatic rings. The maximum Gasteiger partial charge on any atom is 0.410 e. The highest BCUT2D eigenvalue weighted by molar-refractivity contribution is 6.28. The summed E-state index contributed by atoms with van der Waals surface area (Å²) in [5.74, 6) is 2.90. The molecule has 7 aromatic rings. The lowest BCUT2D eigenvalue weighted by atomic mass is 9.84. The predicted molar refractivity (Wildman–Crippen MR) is 445 cm³/mol. The lowest BCUT2D eigenvalue weighted by molar-refractivity contribution is 0.0170. The Kier molecular flexibility index (Phi) is 37.7. The van der Waals surface area contributed by atoms with Crippen molar-refractivity contribution in [2.45, 2.75) is 282 Å². The van der Waals surface area contributed by atoms with Gasteiger partial charge in [-0.1, -0.05) is 106 Å². The van der Waals surface area contributed by atoms with E-state index < -0.39 is 27.3 Å². The summed E-state index contributed by atoms with van der Waals surface area (Å²) in [5.41, 5.74) is 6.22. The fourth-order valence-electron chi connectivity index (χ4n) is 14.1. The first-order valence-corrected chi connectivity index (χ1v) is 40.2. The Morgan fingerprint density at radius 1 is 0.373 bits per heavy atom. The summed E-state index contributed by atoms with van der Waals surface area (Å²) in [6, 6.07) is 30.6. The lowest BCUT2D eigenvalue weighted by Gasteiger charge is -2.33. The van der Waals surface area contributed by atoms with E-state index in [2.05, 4.69) is 101 Å². The van der Waals surface area contributed by atoms with Crippen LogP contribution < -0.4 is 0 Å². The first-order valence-electron chi connectivity index (χ1n) is 39.9. The van der Waals surface area contributed by atoms with E-state index in [1.807, 2.05) is 209 Å². The quantitative estimate of drug-likeness (QED) is 0.0424. The second kappa shape index (κ2) is 44.8. The molecule has 4 fully saturated rings. The van der Waals surface area contributed by atoms with Crippen LogP contribution in [-0.4, -0.2) is 157 Å². The van der Waals surface area contributed by atoms with Crippen LogP contribution in [0.4, 0.5) is 19.2 Å². The molecule has 20 nitrogen and oxygen atoms in total. The fraction of sp³-hybridized carbons (Fsp3) is 0.618.